The molecule has 17 heavy (non-hydrogen) atoms. The minimum Gasteiger partial charge on any atom is -0.456 e. The van der Waals surface area contributed by atoms with Crippen LogP contribution in [-0.4, -0.2) is 23.3 Å². The van der Waals surface area contributed by atoms with E-state index in [1.54, 1.807) is 6.08 Å². The Labute approximate surface area is 105 Å². The molecule has 3 nitrogen and oxygen atoms in total. The molecule has 1 aromatic carbocycles. The van der Waals surface area contributed by atoms with E-state index < -0.39 is 23.6 Å². The summed E-state index contributed by atoms with van der Waals surface area (Å²) in [5.74, 6) is -0.433. The number of aliphatic hydroxyl groups is 1. The van der Waals surface area contributed by atoms with Crippen molar-refractivity contribution in [3.63, 3.8) is 0 Å². The Morgan fingerprint density at radius 3 is 2.71 bits per heavy atom. The summed E-state index contributed by atoms with van der Waals surface area (Å²) in [5.41, 5.74) is 0.812. The van der Waals surface area contributed by atoms with Crippen LogP contribution < -0.4 is 0 Å². The topological polar surface area (TPSA) is 46.5 Å². The van der Waals surface area contributed by atoms with Gasteiger partial charge in [0.1, 0.15) is 12.2 Å². The number of hydrogen-bond donors (Lipinski definition) is 1. The zero-order chi connectivity index (χ0) is 12.3. The lowest BCUT2D eigenvalue weighted by atomic mass is 10.00. The lowest BCUT2D eigenvalue weighted by molar-refractivity contribution is -0.150. The Kier molecular flexibility index (Phi) is 3.82. The van der Waals surface area contributed by atoms with E-state index in [-0.39, 0.29) is 0 Å². The number of halogens is 1. The average molecular weight is 253 g/mol. The fourth-order valence-corrected chi connectivity index (χ4v) is 2.07. The van der Waals surface area contributed by atoms with Gasteiger partial charge in [0.2, 0.25) is 0 Å². The Hall–Kier alpha value is -1.32. The third-order valence-electron chi connectivity index (χ3n) is 2.69. The number of benzene rings is 1. The van der Waals surface area contributed by atoms with Gasteiger partial charge in [0.05, 0.1) is 5.38 Å². The molecule has 1 aliphatic rings. The first-order valence-electron chi connectivity index (χ1n) is 5.42. The molecule has 0 aliphatic carbocycles. The number of carbonyl (C=O) groups excluding carboxylic acids is 1. The van der Waals surface area contributed by atoms with Crippen LogP contribution in [0.4, 0.5) is 0 Å². The second kappa shape index (κ2) is 5.34. The number of ether oxygens (including phenoxy) is 1. The van der Waals surface area contributed by atoms with E-state index in [9.17, 15) is 9.90 Å². The molecule has 2 rings (SSSR count). The minimum atomic E-state index is -0.909. The van der Waals surface area contributed by atoms with Gasteiger partial charge in [-0.3, -0.25) is 0 Å². The molecule has 0 saturated carbocycles. The van der Waals surface area contributed by atoms with E-state index in [0.717, 1.165) is 5.56 Å². The molecule has 1 N–H and O–H groups in total. The van der Waals surface area contributed by atoms with Gasteiger partial charge in [0.25, 0.3) is 0 Å². The molecule has 1 unspecified atom stereocenters. The van der Waals surface area contributed by atoms with Crippen LogP contribution in [0.5, 0.6) is 0 Å². The normalized spacial score (nSPS) is 22.9. The van der Waals surface area contributed by atoms with Crippen molar-refractivity contribution >= 4 is 17.6 Å². The third kappa shape index (κ3) is 2.87. The number of esters is 1. The summed E-state index contributed by atoms with van der Waals surface area (Å²) in [6, 6.07) is 9.25. The molecular weight excluding hydrogens is 240 g/mol. The Bertz CT molecular complexity index is 416. The third-order valence-corrected chi connectivity index (χ3v) is 3.20. The minimum absolute atomic E-state index is 0.433. The number of rotatable bonds is 3. The molecule has 0 fully saturated rings. The molecule has 3 atom stereocenters. The average Bonchev–Trinajstić information content (AvgIpc) is 2.38. The van der Waals surface area contributed by atoms with Crippen LogP contribution in [0.1, 0.15) is 17.4 Å². The number of hydrogen-bond acceptors (Lipinski definition) is 3. The number of aliphatic hydroxyl groups excluding tert-OH is 1. The van der Waals surface area contributed by atoms with Crippen molar-refractivity contribution in [2.45, 2.75) is 24.0 Å². The summed E-state index contributed by atoms with van der Waals surface area (Å²) in [4.78, 5) is 11.1. The number of cyclic esters (lactones) is 1. The van der Waals surface area contributed by atoms with E-state index >= 15 is 0 Å². The Balaban J connectivity index is 2.07. The molecule has 90 valence electrons. The first-order valence-corrected chi connectivity index (χ1v) is 5.86. The van der Waals surface area contributed by atoms with Crippen molar-refractivity contribution in [3.8, 4) is 0 Å². The molecule has 4 heteroatoms. The lowest BCUT2D eigenvalue weighted by Gasteiger charge is -2.27. The molecule has 1 aromatic rings. The molecule has 0 saturated heterocycles. The zero-order valence-electron chi connectivity index (χ0n) is 9.12. The number of carbonyl (C=O) groups is 1. The SMILES string of the molecule is O=C1C=CCC([C@H](O)[C@H](Cl)c2ccccc2)O1. The predicted octanol–water partition coefficient (Wildman–Crippen LogP) is 2.20. The van der Waals surface area contributed by atoms with Gasteiger partial charge in [0, 0.05) is 12.5 Å². The molecule has 0 amide bonds. The molecular formula is C13H13ClO3. The highest BCUT2D eigenvalue weighted by Gasteiger charge is 2.30. The maximum absolute atomic E-state index is 11.1. The van der Waals surface area contributed by atoms with Crippen molar-refractivity contribution in [1.29, 1.82) is 0 Å². The van der Waals surface area contributed by atoms with E-state index in [4.69, 9.17) is 16.3 Å². The van der Waals surface area contributed by atoms with Crippen molar-refractivity contribution in [2.24, 2.45) is 0 Å². The second-order valence-electron chi connectivity index (χ2n) is 3.92. The molecule has 0 radical (unpaired) electrons. The Morgan fingerprint density at radius 1 is 1.35 bits per heavy atom. The summed E-state index contributed by atoms with van der Waals surface area (Å²) in [6.07, 6.45) is 2.05. The van der Waals surface area contributed by atoms with Gasteiger partial charge in [-0.2, -0.15) is 0 Å². The lowest BCUT2D eigenvalue weighted by Crippen LogP contribution is -2.35. The monoisotopic (exact) mass is 252 g/mol. The summed E-state index contributed by atoms with van der Waals surface area (Å²) < 4.78 is 5.03. The first kappa shape index (κ1) is 12.1. The van der Waals surface area contributed by atoms with Crippen LogP contribution in [0.25, 0.3) is 0 Å². The van der Waals surface area contributed by atoms with Crippen molar-refractivity contribution in [2.75, 3.05) is 0 Å². The van der Waals surface area contributed by atoms with Crippen molar-refractivity contribution < 1.29 is 14.6 Å². The molecule has 1 aliphatic heterocycles. The van der Waals surface area contributed by atoms with E-state index in [1.807, 2.05) is 30.3 Å². The highest BCUT2D eigenvalue weighted by Crippen LogP contribution is 2.29. The molecule has 0 bridgehead atoms. The predicted molar refractivity (Wildman–Crippen MR) is 64.7 cm³/mol. The summed E-state index contributed by atoms with van der Waals surface area (Å²) in [7, 11) is 0. The fourth-order valence-electron chi connectivity index (χ4n) is 1.77. The maximum Gasteiger partial charge on any atom is 0.330 e. The van der Waals surface area contributed by atoms with Crippen molar-refractivity contribution in [1.82, 2.24) is 0 Å². The van der Waals surface area contributed by atoms with Crippen LogP contribution >= 0.6 is 11.6 Å². The van der Waals surface area contributed by atoms with Gasteiger partial charge >= 0.3 is 5.97 Å². The molecule has 1 heterocycles. The molecule has 0 aromatic heterocycles. The summed E-state index contributed by atoms with van der Waals surface area (Å²) >= 11 is 6.17. The van der Waals surface area contributed by atoms with Crippen LogP contribution in [-0.2, 0) is 9.53 Å². The van der Waals surface area contributed by atoms with E-state index in [1.165, 1.54) is 6.08 Å². The summed E-state index contributed by atoms with van der Waals surface area (Å²) in [5, 5.41) is 9.49. The van der Waals surface area contributed by atoms with Crippen LogP contribution in [0.2, 0.25) is 0 Å². The maximum atomic E-state index is 11.1. The van der Waals surface area contributed by atoms with Gasteiger partial charge in [0.15, 0.2) is 0 Å². The summed E-state index contributed by atoms with van der Waals surface area (Å²) in [6.45, 7) is 0. The van der Waals surface area contributed by atoms with E-state index in [2.05, 4.69) is 0 Å². The van der Waals surface area contributed by atoms with Gasteiger partial charge in [-0.1, -0.05) is 36.4 Å². The smallest absolute Gasteiger partial charge is 0.330 e. The largest absolute Gasteiger partial charge is 0.456 e. The van der Waals surface area contributed by atoms with E-state index in [0.29, 0.717) is 6.42 Å². The van der Waals surface area contributed by atoms with Crippen LogP contribution in [0, 0.1) is 0 Å². The van der Waals surface area contributed by atoms with Gasteiger partial charge < -0.3 is 9.84 Å². The van der Waals surface area contributed by atoms with Gasteiger partial charge in [-0.15, -0.1) is 11.6 Å². The first-order chi connectivity index (χ1) is 8.18. The van der Waals surface area contributed by atoms with Gasteiger partial charge in [-0.25, -0.2) is 4.79 Å². The highest BCUT2D eigenvalue weighted by molar-refractivity contribution is 6.21. The highest BCUT2D eigenvalue weighted by atomic mass is 35.5. The standard InChI is InChI=1S/C13H13ClO3/c14-12(9-5-2-1-3-6-9)13(16)10-7-4-8-11(15)17-10/h1-6,8,10,12-13,16H,7H2/t10?,12-,13+/m1/s1. The molecule has 0 spiro atoms. The van der Waals surface area contributed by atoms with Crippen molar-refractivity contribution in [3.05, 3.63) is 48.0 Å². The quantitative estimate of drug-likeness (QED) is 0.663. The fraction of sp³-hybridized carbons (Fsp3) is 0.308. The van der Waals surface area contributed by atoms with Crippen LogP contribution in [0.15, 0.2) is 42.5 Å². The number of alkyl halides is 1. The van der Waals surface area contributed by atoms with Crippen LogP contribution in [0.3, 0.4) is 0 Å². The second-order valence-corrected chi connectivity index (χ2v) is 4.39. The van der Waals surface area contributed by atoms with Gasteiger partial charge in [-0.05, 0) is 5.56 Å². The zero-order valence-corrected chi connectivity index (χ0v) is 9.88. The Morgan fingerprint density at radius 2 is 2.06 bits per heavy atom.